The number of unbranched alkanes of at least 4 members (excludes halogenated alkanes) is 6. The zero-order chi connectivity index (χ0) is 13.9. The van der Waals surface area contributed by atoms with Crippen LogP contribution < -0.4 is 5.73 Å². The second-order valence-electron chi connectivity index (χ2n) is 4.94. The molecule has 20 heavy (non-hydrogen) atoms. The number of thioether (sulfide) groups is 1. The van der Waals surface area contributed by atoms with Gasteiger partial charge < -0.3 is 5.73 Å². The van der Waals surface area contributed by atoms with E-state index < -0.39 is 0 Å². The van der Waals surface area contributed by atoms with Crippen LogP contribution in [0.15, 0.2) is 29.2 Å². The van der Waals surface area contributed by atoms with Crippen molar-refractivity contribution in [1.82, 2.24) is 0 Å². The van der Waals surface area contributed by atoms with E-state index in [0.29, 0.717) is 4.32 Å². The van der Waals surface area contributed by atoms with E-state index in [1.165, 1.54) is 68.7 Å². The third kappa shape index (κ3) is 9.90. The van der Waals surface area contributed by atoms with Crippen molar-refractivity contribution in [3.63, 3.8) is 0 Å². The number of rotatable bonds is 9. The topological polar surface area (TPSA) is 26.0 Å². The average molecular weight is 361 g/mol. The molecule has 0 bridgehead atoms. The van der Waals surface area contributed by atoms with Gasteiger partial charge in [0.2, 0.25) is 0 Å². The van der Waals surface area contributed by atoms with Crippen LogP contribution in [0.4, 0.5) is 0 Å². The first-order chi connectivity index (χ1) is 9.22. The Morgan fingerprint density at radius 3 is 2.10 bits per heavy atom. The Bertz CT molecular complexity index is 365. The van der Waals surface area contributed by atoms with Gasteiger partial charge in [-0.15, -0.1) is 0 Å². The minimum absolute atomic E-state index is 0. The van der Waals surface area contributed by atoms with Gasteiger partial charge in [-0.25, -0.2) is 0 Å². The molecule has 0 radical (unpaired) electrons. The van der Waals surface area contributed by atoms with Gasteiger partial charge in [-0.05, 0) is 30.5 Å². The van der Waals surface area contributed by atoms with Crippen LogP contribution in [0.1, 0.15) is 57.4 Å². The maximum absolute atomic E-state index is 5.51. The van der Waals surface area contributed by atoms with Crippen molar-refractivity contribution in [2.24, 2.45) is 5.73 Å². The molecule has 0 aliphatic carbocycles. The molecule has 0 fully saturated rings. The number of benzene rings is 1. The van der Waals surface area contributed by atoms with Crippen LogP contribution in [-0.2, 0) is 25.9 Å². The van der Waals surface area contributed by atoms with Crippen molar-refractivity contribution in [3.8, 4) is 0 Å². The molecule has 1 rings (SSSR count). The zero-order valence-corrected chi connectivity index (χ0v) is 17.2. The van der Waals surface area contributed by atoms with E-state index in [1.807, 2.05) is 0 Å². The van der Waals surface area contributed by atoms with Crippen molar-refractivity contribution in [3.05, 3.63) is 29.8 Å². The van der Waals surface area contributed by atoms with Gasteiger partial charge in [-0.2, -0.15) is 0 Å². The number of aryl methyl sites for hydroxylation is 1. The number of nitrogens with two attached hydrogens (primary N) is 1. The fraction of sp³-hybridized carbons (Fsp3) is 0.562. The van der Waals surface area contributed by atoms with Crippen LogP contribution in [0, 0.1) is 0 Å². The van der Waals surface area contributed by atoms with E-state index in [1.54, 1.807) is 0 Å². The molecule has 0 aliphatic heterocycles. The molecule has 0 saturated heterocycles. The molecular weight excluding hydrogens is 336 g/mol. The summed E-state index contributed by atoms with van der Waals surface area (Å²) in [5.74, 6) is 0. The van der Waals surface area contributed by atoms with E-state index in [-0.39, 0.29) is 19.5 Å². The standard InChI is InChI=1S/C16H25NS2.Zn/c1-2-3-4-5-6-7-8-9-14-10-12-15(13-11-14)19-16(17)18;/h10-13H,2-9H2,1H3,(H2,17,18);. The van der Waals surface area contributed by atoms with Gasteiger partial charge >= 0.3 is 0 Å². The normalized spacial score (nSPS) is 10.1. The summed E-state index contributed by atoms with van der Waals surface area (Å²) in [4.78, 5) is 1.14. The van der Waals surface area contributed by atoms with Gasteiger partial charge in [0.1, 0.15) is 4.32 Å². The van der Waals surface area contributed by atoms with Crippen LogP contribution in [0.3, 0.4) is 0 Å². The number of hydrogen-bond donors (Lipinski definition) is 1. The monoisotopic (exact) mass is 359 g/mol. The summed E-state index contributed by atoms with van der Waals surface area (Å²) < 4.78 is 0.486. The molecule has 1 nitrogen and oxygen atoms in total. The third-order valence-corrected chi connectivity index (χ3v) is 4.17. The molecule has 2 N–H and O–H groups in total. The Hall–Kier alpha value is 0.0834. The predicted molar refractivity (Wildman–Crippen MR) is 90.8 cm³/mol. The molecule has 0 amide bonds. The third-order valence-electron chi connectivity index (χ3n) is 3.21. The van der Waals surface area contributed by atoms with Crippen molar-refractivity contribution in [2.75, 3.05) is 0 Å². The summed E-state index contributed by atoms with van der Waals surface area (Å²) in [5, 5.41) is 0. The second-order valence-corrected chi connectivity index (χ2v) is 6.75. The van der Waals surface area contributed by atoms with Crippen molar-refractivity contribution < 1.29 is 19.5 Å². The summed E-state index contributed by atoms with van der Waals surface area (Å²) in [6.07, 6.45) is 10.7. The first kappa shape index (κ1) is 20.1. The fourth-order valence-electron chi connectivity index (χ4n) is 2.13. The van der Waals surface area contributed by atoms with Crippen LogP contribution >= 0.6 is 24.0 Å². The molecule has 0 saturated carbocycles. The summed E-state index contributed by atoms with van der Waals surface area (Å²) in [6, 6.07) is 8.61. The Balaban J connectivity index is 0.00000361. The van der Waals surface area contributed by atoms with E-state index >= 15 is 0 Å². The molecule has 0 atom stereocenters. The Morgan fingerprint density at radius 2 is 1.55 bits per heavy atom. The second kappa shape index (κ2) is 12.8. The van der Waals surface area contributed by atoms with E-state index in [0.717, 1.165) is 4.90 Å². The minimum atomic E-state index is 0. The molecular formula is C16H25NS2Zn. The predicted octanol–water partition coefficient (Wildman–Crippen LogP) is 5.31. The maximum Gasteiger partial charge on any atom is 0.135 e. The molecule has 0 unspecified atom stereocenters. The van der Waals surface area contributed by atoms with Gasteiger partial charge in [0, 0.05) is 24.4 Å². The number of hydrogen-bond acceptors (Lipinski definition) is 2. The van der Waals surface area contributed by atoms with E-state index in [4.69, 9.17) is 18.0 Å². The fourth-order valence-corrected chi connectivity index (χ4v) is 2.92. The zero-order valence-electron chi connectivity index (χ0n) is 12.6. The van der Waals surface area contributed by atoms with Gasteiger partial charge in [-0.3, -0.25) is 0 Å². The first-order valence-corrected chi connectivity index (χ1v) is 8.51. The molecule has 0 aromatic heterocycles. The maximum atomic E-state index is 5.51. The molecule has 0 heterocycles. The molecule has 0 spiro atoms. The van der Waals surface area contributed by atoms with Gasteiger partial charge in [0.05, 0.1) is 0 Å². The average Bonchev–Trinajstić information content (AvgIpc) is 2.39. The Kier molecular flexibility index (Phi) is 12.8. The van der Waals surface area contributed by atoms with Crippen LogP contribution in [0.25, 0.3) is 0 Å². The van der Waals surface area contributed by atoms with Crippen LogP contribution in [0.5, 0.6) is 0 Å². The van der Waals surface area contributed by atoms with Crippen LogP contribution in [0.2, 0.25) is 0 Å². The molecule has 4 heteroatoms. The summed E-state index contributed by atoms with van der Waals surface area (Å²) in [7, 11) is 0. The molecule has 1 aromatic carbocycles. The van der Waals surface area contributed by atoms with Crippen LogP contribution in [-0.4, -0.2) is 4.32 Å². The van der Waals surface area contributed by atoms with Gasteiger partial charge in [-0.1, -0.05) is 81.6 Å². The summed E-state index contributed by atoms with van der Waals surface area (Å²) in [5.41, 5.74) is 6.92. The van der Waals surface area contributed by atoms with Gasteiger partial charge in [0.15, 0.2) is 0 Å². The molecule has 108 valence electrons. The molecule has 0 aliphatic rings. The van der Waals surface area contributed by atoms with Crippen molar-refractivity contribution in [1.29, 1.82) is 0 Å². The van der Waals surface area contributed by atoms with E-state index in [2.05, 4.69) is 31.2 Å². The largest absolute Gasteiger partial charge is 0.384 e. The molecule has 1 aromatic rings. The van der Waals surface area contributed by atoms with E-state index in [9.17, 15) is 0 Å². The number of thiocarbonyl (C=S) groups is 1. The first-order valence-electron chi connectivity index (χ1n) is 7.28. The quantitative estimate of drug-likeness (QED) is 0.279. The minimum Gasteiger partial charge on any atom is -0.384 e. The smallest absolute Gasteiger partial charge is 0.135 e. The van der Waals surface area contributed by atoms with Gasteiger partial charge in [0.25, 0.3) is 0 Å². The summed E-state index contributed by atoms with van der Waals surface area (Å²) in [6.45, 7) is 2.26. The Morgan fingerprint density at radius 1 is 1.00 bits per heavy atom. The SMILES string of the molecule is CCCCCCCCCc1ccc(SC(N)=S)cc1.[Zn]. The Labute approximate surface area is 146 Å². The van der Waals surface area contributed by atoms with Crippen molar-refractivity contribution in [2.45, 2.75) is 63.2 Å². The van der Waals surface area contributed by atoms with Crippen molar-refractivity contribution >= 4 is 28.3 Å². The summed E-state index contributed by atoms with van der Waals surface area (Å²) >= 11 is 6.34.